The summed E-state index contributed by atoms with van der Waals surface area (Å²) < 4.78 is 10.7. The standard InChI is InChI=1S/C10H18O5/c1-2-9(11)15-14-8-7-13-10-5-3-4-6-12-10/h10H,2-8H2,1H3. The van der Waals surface area contributed by atoms with E-state index in [1.54, 1.807) is 6.92 Å². The number of rotatable bonds is 6. The molecule has 0 saturated carbocycles. The largest absolute Gasteiger partial charge is 0.353 e. The monoisotopic (exact) mass is 218 g/mol. The Bertz CT molecular complexity index is 177. The van der Waals surface area contributed by atoms with E-state index in [4.69, 9.17) is 9.47 Å². The molecule has 5 heteroatoms. The summed E-state index contributed by atoms with van der Waals surface area (Å²) >= 11 is 0. The van der Waals surface area contributed by atoms with Gasteiger partial charge in [0.05, 0.1) is 6.61 Å². The number of carbonyl (C=O) groups is 1. The third-order valence-electron chi connectivity index (χ3n) is 2.05. The first-order valence-corrected chi connectivity index (χ1v) is 5.38. The maximum absolute atomic E-state index is 10.7. The highest BCUT2D eigenvalue weighted by Gasteiger charge is 2.13. The van der Waals surface area contributed by atoms with E-state index in [2.05, 4.69) is 9.78 Å². The first kappa shape index (κ1) is 12.4. The molecule has 88 valence electrons. The van der Waals surface area contributed by atoms with Gasteiger partial charge in [0.25, 0.3) is 0 Å². The number of hydrogen-bond acceptors (Lipinski definition) is 5. The van der Waals surface area contributed by atoms with E-state index in [0.717, 1.165) is 25.9 Å². The third-order valence-corrected chi connectivity index (χ3v) is 2.05. The number of ether oxygens (including phenoxy) is 2. The second-order valence-electron chi connectivity index (χ2n) is 3.30. The van der Waals surface area contributed by atoms with Gasteiger partial charge >= 0.3 is 5.97 Å². The smallest absolute Gasteiger partial charge is 0.342 e. The maximum atomic E-state index is 10.7. The molecule has 1 heterocycles. The van der Waals surface area contributed by atoms with Crippen molar-refractivity contribution in [2.75, 3.05) is 19.8 Å². The quantitative estimate of drug-likeness (QED) is 0.383. The SMILES string of the molecule is CCC(=O)OOCCOC1CCCCO1. The van der Waals surface area contributed by atoms with E-state index in [-0.39, 0.29) is 18.9 Å². The van der Waals surface area contributed by atoms with Gasteiger partial charge in [0.2, 0.25) is 0 Å². The maximum Gasteiger partial charge on any atom is 0.342 e. The molecule has 1 atom stereocenters. The summed E-state index contributed by atoms with van der Waals surface area (Å²) in [5.41, 5.74) is 0. The van der Waals surface area contributed by atoms with Crippen molar-refractivity contribution in [2.45, 2.75) is 38.9 Å². The van der Waals surface area contributed by atoms with Crippen LogP contribution in [0, 0.1) is 0 Å². The zero-order valence-electron chi connectivity index (χ0n) is 9.07. The molecule has 0 aliphatic carbocycles. The molecule has 0 spiro atoms. The van der Waals surface area contributed by atoms with E-state index in [1.165, 1.54) is 0 Å². The summed E-state index contributed by atoms with van der Waals surface area (Å²) in [6, 6.07) is 0. The molecule has 1 unspecified atom stereocenters. The van der Waals surface area contributed by atoms with Gasteiger partial charge in [-0.3, -0.25) is 4.89 Å². The lowest BCUT2D eigenvalue weighted by atomic mass is 10.2. The summed E-state index contributed by atoms with van der Waals surface area (Å²) in [5, 5.41) is 0. The van der Waals surface area contributed by atoms with Crippen LogP contribution < -0.4 is 0 Å². The molecule has 0 aromatic rings. The van der Waals surface area contributed by atoms with E-state index < -0.39 is 0 Å². The van der Waals surface area contributed by atoms with Crippen LogP contribution >= 0.6 is 0 Å². The van der Waals surface area contributed by atoms with Crippen LogP contribution in [-0.4, -0.2) is 32.1 Å². The zero-order chi connectivity index (χ0) is 10.9. The Kier molecular flexibility index (Phi) is 6.31. The molecular weight excluding hydrogens is 200 g/mol. The van der Waals surface area contributed by atoms with E-state index in [0.29, 0.717) is 13.0 Å². The molecule has 1 saturated heterocycles. The lowest BCUT2D eigenvalue weighted by molar-refractivity contribution is -0.282. The van der Waals surface area contributed by atoms with Crippen LogP contribution in [-0.2, 0) is 24.0 Å². The molecule has 1 aliphatic heterocycles. The van der Waals surface area contributed by atoms with Gasteiger partial charge in [-0.05, 0) is 19.3 Å². The molecule has 0 aromatic heterocycles. The van der Waals surface area contributed by atoms with Gasteiger partial charge in [0.15, 0.2) is 6.29 Å². The third kappa shape index (κ3) is 5.71. The Hall–Kier alpha value is -0.650. The highest BCUT2D eigenvalue weighted by molar-refractivity contribution is 5.68. The Morgan fingerprint density at radius 2 is 2.27 bits per heavy atom. The second-order valence-corrected chi connectivity index (χ2v) is 3.30. The fourth-order valence-electron chi connectivity index (χ4n) is 1.22. The van der Waals surface area contributed by atoms with Crippen molar-refractivity contribution in [3.05, 3.63) is 0 Å². The van der Waals surface area contributed by atoms with Gasteiger partial charge in [-0.25, -0.2) is 4.79 Å². The van der Waals surface area contributed by atoms with Crippen LogP contribution in [0.15, 0.2) is 0 Å². The Balaban J connectivity index is 1.89. The average molecular weight is 218 g/mol. The fourth-order valence-corrected chi connectivity index (χ4v) is 1.22. The lowest BCUT2D eigenvalue weighted by Gasteiger charge is -2.22. The number of carbonyl (C=O) groups excluding carboxylic acids is 1. The van der Waals surface area contributed by atoms with E-state index in [9.17, 15) is 4.79 Å². The lowest BCUT2D eigenvalue weighted by Crippen LogP contribution is -2.24. The van der Waals surface area contributed by atoms with Crippen LogP contribution in [0.4, 0.5) is 0 Å². The van der Waals surface area contributed by atoms with Crippen molar-refractivity contribution in [3.8, 4) is 0 Å². The Morgan fingerprint density at radius 3 is 2.93 bits per heavy atom. The number of hydrogen-bond donors (Lipinski definition) is 0. The van der Waals surface area contributed by atoms with E-state index in [1.807, 2.05) is 0 Å². The molecule has 0 radical (unpaired) electrons. The second kappa shape index (κ2) is 7.62. The highest BCUT2D eigenvalue weighted by atomic mass is 17.2. The molecule has 15 heavy (non-hydrogen) atoms. The van der Waals surface area contributed by atoms with Crippen LogP contribution in [0.5, 0.6) is 0 Å². The minimum Gasteiger partial charge on any atom is -0.353 e. The average Bonchev–Trinajstić information content (AvgIpc) is 2.29. The van der Waals surface area contributed by atoms with E-state index >= 15 is 0 Å². The van der Waals surface area contributed by atoms with Gasteiger partial charge in [-0.2, -0.15) is 4.89 Å². The molecule has 0 bridgehead atoms. The van der Waals surface area contributed by atoms with Gasteiger partial charge in [-0.15, -0.1) is 0 Å². The molecule has 0 N–H and O–H groups in total. The molecule has 1 fully saturated rings. The predicted octanol–water partition coefficient (Wildman–Crippen LogP) is 1.41. The summed E-state index contributed by atoms with van der Waals surface area (Å²) in [6.07, 6.45) is 3.35. The summed E-state index contributed by atoms with van der Waals surface area (Å²) in [7, 11) is 0. The van der Waals surface area contributed by atoms with Gasteiger partial charge in [0, 0.05) is 13.0 Å². The minimum atomic E-state index is -0.371. The molecule has 1 aliphatic rings. The van der Waals surface area contributed by atoms with Crippen LogP contribution in [0.1, 0.15) is 32.6 Å². The Morgan fingerprint density at radius 1 is 1.40 bits per heavy atom. The topological polar surface area (TPSA) is 54.0 Å². The molecule has 1 rings (SSSR count). The minimum absolute atomic E-state index is 0.121. The van der Waals surface area contributed by atoms with Gasteiger partial charge in [0.1, 0.15) is 6.61 Å². The first-order chi connectivity index (χ1) is 7.33. The van der Waals surface area contributed by atoms with Crippen molar-refractivity contribution < 1.29 is 24.0 Å². The fraction of sp³-hybridized carbons (Fsp3) is 0.900. The van der Waals surface area contributed by atoms with Crippen LogP contribution in [0.25, 0.3) is 0 Å². The Labute approximate surface area is 89.6 Å². The normalized spacial score (nSPS) is 21.3. The molecule has 5 nitrogen and oxygen atoms in total. The summed E-state index contributed by atoms with van der Waals surface area (Å²) in [6.45, 7) is 3.08. The van der Waals surface area contributed by atoms with Crippen LogP contribution in [0.2, 0.25) is 0 Å². The molecule has 0 aromatic carbocycles. The van der Waals surface area contributed by atoms with Crippen molar-refractivity contribution in [1.29, 1.82) is 0 Å². The van der Waals surface area contributed by atoms with Gasteiger partial charge < -0.3 is 9.47 Å². The highest BCUT2D eigenvalue weighted by Crippen LogP contribution is 2.13. The van der Waals surface area contributed by atoms with Crippen molar-refractivity contribution >= 4 is 5.97 Å². The van der Waals surface area contributed by atoms with Crippen molar-refractivity contribution in [3.63, 3.8) is 0 Å². The molecular formula is C10H18O5. The van der Waals surface area contributed by atoms with Gasteiger partial charge in [-0.1, -0.05) is 6.92 Å². The summed E-state index contributed by atoms with van der Waals surface area (Å²) in [5.74, 6) is -0.371. The zero-order valence-corrected chi connectivity index (χ0v) is 9.07. The predicted molar refractivity (Wildman–Crippen MR) is 51.9 cm³/mol. The van der Waals surface area contributed by atoms with Crippen molar-refractivity contribution in [1.82, 2.24) is 0 Å². The first-order valence-electron chi connectivity index (χ1n) is 5.38. The molecule has 0 amide bonds. The van der Waals surface area contributed by atoms with Crippen LogP contribution in [0.3, 0.4) is 0 Å². The van der Waals surface area contributed by atoms with Crippen molar-refractivity contribution in [2.24, 2.45) is 0 Å². The summed E-state index contributed by atoms with van der Waals surface area (Å²) in [4.78, 5) is 19.7.